The molecule has 8 heteroatoms. The van der Waals surface area contributed by atoms with Gasteiger partial charge in [-0.25, -0.2) is 15.0 Å². The van der Waals surface area contributed by atoms with Gasteiger partial charge in [-0.2, -0.15) is 0 Å². The van der Waals surface area contributed by atoms with Crippen molar-refractivity contribution in [3.05, 3.63) is 58.1 Å². The maximum Gasteiger partial charge on any atom is 0.252 e. The summed E-state index contributed by atoms with van der Waals surface area (Å²) < 4.78 is 0. The molecule has 0 radical (unpaired) electrons. The molecule has 8 nitrogen and oxygen atoms in total. The number of aromatic nitrogens is 4. The van der Waals surface area contributed by atoms with Crippen LogP contribution in [0.5, 0.6) is 0 Å². The standard InChI is InChI=1S/C23H27N7O/c1-15-12-17-6-4-5-7-20(17)30(15)23-26-19(13-21(31)27-23)18-14-24-22(25-16(18)2)29-10-8-28(3)9-11-29/h4-7,13-15H,8-12H2,1-3H3,(H,26,27,31). The zero-order valence-electron chi connectivity index (χ0n) is 18.2. The lowest BCUT2D eigenvalue weighted by molar-refractivity contribution is 0.311. The van der Waals surface area contributed by atoms with E-state index in [9.17, 15) is 4.79 Å². The van der Waals surface area contributed by atoms with Gasteiger partial charge in [-0.15, -0.1) is 0 Å². The van der Waals surface area contributed by atoms with Crippen molar-refractivity contribution < 1.29 is 0 Å². The molecule has 0 aliphatic carbocycles. The normalized spacial score (nSPS) is 19.0. The number of para-hydroxylation sites is 1. The Bertz CT molecular complexity index is 1170. The molecular formula is C23H27N7O. The summed E-state index contributed by atoms with van der Waals surface area (Å²) in [7, 11) is 2.13. The van der Waals surface area contributed by atoms with Crippen LogP contribution in [0.1, 0.15) is 18.2 Å². The molecule has 0 spiro atoms. The highest BCUT2D eigenvalue weighted by molar-refractivity contribution is 5.69. The molecule has 0 bridgehead atoms. The van der Waals surface area contributed by atoms with Gasteiger partial charge in [0.15, 0.2) is 0 Å². The van der Waals surface area contributed by atoms with Crippen LogP contribution in [0.15, 0.2) is 41.3 Å². The Hall–Kier alpha value is -3.26. The smallest absolute Gasteiger partial charge is 0.252 e. The number of anilines is 3. The summed E-state index contributed by atoms with van der Waals surface area (Å²) in [5.74, 6) is 1.30. The third kappa shape index (κ3) is 3.67. The Morgan fingerprint density at radius 2 is 1.87 bits per heavy atom. The minimum atomic E-state index is -0.181. The number of nitrogens with zero attached hydrogens (tertiary/aromatic N) is 6. The zero-order valence-corrected chi connectivity index (χ0v) is 18.2. The van der Waals surface area contributed by atoms with Crippen LogP contribution < -0.4 is 15.4 Å². The van der Waals surface area contributed by atoms with E-state index in [1.54, 1.807) is 6.20 Å². The Kier molecular flexibility index (Phi) is 4.94. The van der Waals surface area contributed by atoms with Crippen LogP contribution in [0.2, 0.25) is 0 Å². The maximum atomic E-state index is 12.5. The summed E-state index contributed by atoms with van der Waals surface area (Å²) in [6.07, 6.45) is 2.72. The van der Waals surface area contributed by atoms with E-state index >= 15 is 0 Å². The molecule has 0 saturated carbocycles. The number of piperazine rings is 1. The number of benzene rings is 1. The van der Waals surface area contributed by atoms with Crippen molar-refractivity contribution in [2.45, 2.75) is 26.3 Å². The number of nitrogens with one attached hydrogen (secondary N) is 1. The van der Waals surface area contributed by atoms with E-state index in [1.165, 1.54) is 11.6 Å². The molecule has 1 N–H and O–H groups in total. The van der Waals surface area contributed by atoms with Crippen molar-refractivity contribution >= 4 is 17.6 Å². The molecule has 5 rings (SSSR count). The summed E-state index contributed by atoms with van der Waals surface area (Å²) in [4.78, 5) is 36.2. The summed E-state index contributed by atoms with van der Waals surface area (Å²) >= 11 is 0. The lowest BCUT2D eigenvalue weighted by atomic mass is 10.1. The van der Waals surface area contributed by atoms with E-state index in [-0.39, 0.29) is 11.6 Å². The van der Waals surface area contributed by atoms with E-state index < -0.39 is 0 Å². The Labute approximate surface area is 181 Å². The fourth-order valence-electron chi connectivity index (χ4n) is 4.45. The first-order valence-electron chi connectivity index (χ1n) is 10.8. The minimum Gasteiger partial charge on any atom is -0.338 e. The zero-order chi connectivity index (χ0) is 21.5. The monoisotopic (exact) mass is 417 g/mol. The molecule has 2 aromatic heterocycles. The second kappa shape index (κ2) is 7.77. The van der Waals surface area contributed by atoms with E-state index in [0.717, 1.165) is 55.5 Å². The van der Waals surface area contributed by atoms with Crippen LogP contribution in [0.3, 0.4) is 0 Å². The third-order valence-electron chi connectivity index (χ3n) is 6.19. The van der Waals surface area contributed by atoms with Gasteiger partial charge in [-0.1, -0.05) is 18.2 Å². The first-order valence-corrected chi connectivity index (χ1v) is 10.8. The number of hydrogen-bond donors (Lipinski definition) is 1. The molecule has 1 aromatic carbocycles. The Morgan fingerprint density at radius 3 is 2.65 bits per heavy atom. The van der Waals surface area contributed by atoms with Gasteiger partial charge in [-0.05, 0) is 38.9 Å². The van der Waals surface area contributed by atoms with Gasteiger partial charge in [0.1, 0.15) is 0 Å². The van der Waals surface area contributed by atoms with Gasteiger partial charge in [0.05, 0.1) is 11.4 Å². The number of likely N-dealkylation sites (N-methyl/N-ethyl adjacent to an activating group) is 1. The fraction of sp³-hybridized carbons (Fsp3) is 0.391. The van der Waals surface area contributed by atoms with Gasteiger partial charge in [0.2, 0.25) is 11.9 Å². The largest absolute Gasteiger partial charge is 0.338 e. The lowest BCUT2D eigenvalue weighted by Gasteiger charge is -2.32. The van der Waals surface area contributed by atoms with Crippen molar-refractivity contribution in [3.8, 4) is 11.3 Å². The number of hydrogen-bond acceptors (Lipinski definition) is 7. The molecule has 31 heavy (non-hydrogen) atoms. The van der Waals surface area contributed by atoms with E-state index in [1.807, 2.05) is 19.1 Å². The van der Waals surface area contributed by atoms with Gasteiger partial charge in [0, 0.05) is 55.7 Å². The van der Waals surface area contributed by atoms with Crippen molar-refractivity contribution in [2.75, 3.05) is 43.0 Å². The molecule has 2 aliphatic rings. The quantitative estimate of drug-likeness (QED) is 0.701. The summed E-state index contributed by atoms with van der Waals surface area (Å²) in [5, 5.41) is 0. The SMILES string of the molecule is Cc1nc(N2CCN(C)CC2)ncc1-c1cc(=O)[nH]c(N2c3ccccc3CC2C)n1. The summed E-state index contributed by atoms with van der Waals surface area (Å²) in [6.45, 7) is 7.92. The fourth-order valence-corrected chi connectivity index (χ4v) is 4.45. The summed E-state index contributed by atoms with van der Waals surface area (Å²) in [5.41, 5.74) is 4.37. The molecule has 0 amide bonds. The van der Waals surface area contributed by atoms with Crippen LogP contribution in [-0.2, 0) is 6.42 Å². The molecule has 160 valence electrons. The van der Waals surface area contributed by atoms with Crippen molar-refractivity contribution in [1.29, 1.82) is 0 Å². The lowest BCUT2D eigenvalue weighted by Crippen LogP contribution is -2.45. The van der Waals surface area contributed by atoms with Crippen LogP contribution in [-0.4, -0.2) is 64.1 Å². The van der Waals surface area contributed by atoms with Crippen molar-refractivity contribution in [2.24, 2.45) is 0 Å². The highest BCUT2D eigenvalue weighted by Gasteiger charge is 2.29. The number of H-pyrrole nitrogens is 1. The molecule has 1 saturated heterocycles. The first kappa shape index (κ1) is 19.7. The van der Waals surface area contributed by atoms with E-state index in [2.05, 4.69) is 50.8 Å². The number of fused-ring (bicyclic) bond motifs is 1. The predicted molar refractivity (Wildman–Crippen MR) is 122 cm³/mol. The van der Waals surface area contributed by atoms with Gasteiger partial charge < -0.3 is 14.7 Å². The van der Waals surface area contributed by atoms with Gasteiger partial charge >= 0.3 is 0 Å². The number of aromatic amines is 1. The second-order valence-electron chi connectivity index (χ2n) is 8.47. The molecule has 1 unspecified atom stereocenters. The first-order chi connectivity index (χ1) is 15.0. The van der Waals surface area contributed by atoms with E-state index in [4.69, 9.17) is 9.97 Å². The molecular weight excluding hydrogens is 390 g/mol. The number of aryl methyl sites for hydroxylation is 1. The number of rotatable bonds is 3. The average molecular weight is 418 g/mol. The Balaban J connectivity index is 1.49. The van der Waals surface area contributed by atoms with Crippen molar-refractivity contribution in [1.82, 2.24) is 24.8 Å². The molecule has 1 atom stereocenters. The minimum absolute atomic E-state index is 0.181. The van der Waals surface area contributed by atoms with E-state index in [0.29, 0.717) is 11.6 Å². The molecule has 1 fully saturated rings. The Morgan fingerprint density at radius 1 is 1.10 bits per heavy atom. The third-order valence-corrected chi connectivity index (χ3v) is 6.19. The summed E-state index contributed by atoms with van der Waals surface area (Å²) in [6, 6.07) is 10.0. The molecule has 4 heterocycles. The highest BCUT2D eigenvalue weighted by Crippen LogP contribution is 2.36. The van der Waals surface area contributed by atoms with Gasteiger partial charge in [0.25, 0.3) is 5.56 Å². The molecule has 3 aromatic rings. The van der Waals surface area contributed by atoms with Crippen LogP contribution in [0.25, 0.3) is 11.3 Å². The average Bonchev–Trinajstić information content (AvgIpc) is 3.09. The van der Waals surface area contributed by atoms with Crippen LogP contribution >= 0.6 is 0 Å². The van der Waals surface area contributed by atoms with Crippen LogP contribution in [0.4, 0.5) is 17.6 Å². The van der Waals surface area contributed by atoms with Crippen molar-refractivity contribution in [3.63, 3.8) is 0 Å². The van der Waals surface area contributed by atoms with Crippen LogP contribution in [0, 0.1) is 6.92 Å². The van der Waals surface area contributed by atoms with Gasteiger partial charge in [-0.3, -0.25) is 9.78 Å². The topological polar surface area (TPSA) is 81.2 Å². The maximum absolute atomic E-state index is 12.5. The predicted octanol–water partition coefficient (Wildman–Crippen LogP) is 2.37. The molecule has 2 aliphatic heterocycles. The second-order valence-corrected chi connectivity index (χ2v) is 8.47. The highest BCUT2D eigenvalue weighted by atomic mass is 16.1.